The van der Waals surface area contributed by atoms with Crippen molar-refractivity contribution in [3.63, 3.8) is 0 Å². The zero-order chi connectivity index (χ0) is 11.4. The first-order valence-corrected chi connectivity index (χ1v) is 6.59. The minimum Gasteiger partial charge on any atom is -0.310 e. The molecule has 0 saturated heterocycles. The van der Waals surface area contributed by atoms with Gasteiger partial charge in [0.25, 0.3) is 0 Å². The van der Waals surface area contributed by atoms with Crippen LogP contribution in [0.3, 0.4) is 0 Å². The van der Waals surface area contributed by atoms with E-state index < -0.39 is 0 Å². The van der Waals surface area contributed by atoms with Crippen molar-refractivity contribution in [1.29, 1.82) is 0 Å². The third kappa shape index (κ3) is 3.34. The highest BCUT2D eigenvalue weighted by molar-refractivity contribution is 5.25. The molecule has 1 saturated carbocycles. The number of aryl methyl sites for hydroxylation is 1. The molecule has 1 nitrogen and oxygen atoms in total. The fourth-order valence-electron chi connectivity index (χ4n) is 2.23. The topological polar surface area (TPSA) is 12.0 Å². The summed E-state index contributed by atoms with van der Waals surface area (Å²) < 4.78 is 0. The maximum Gasteiger partial charge on any atom is 0.0322 e. The molecule has 1 unspecified atom stereocenters. The second kappa shape index (κ2) is 5.49. The van der Waals surface area contributed by atoms with E-state index in [0.717, 1.165) is 12.5 Å². The lowest BCUT2D eigenvalue weighted by molar-refractivity contribution is 0.474. The van der Waals surface area contributed by atoms with Crippen molar-refractivity contribution in [2.45, 2.75) is 45.6 Å². The van der Waals surface area contributed by atoms with Gasteiger partial charge in [-0.15, -0.1) is 0 Å². The van der Waals surface area contributed by atoms with E-state index in [-0.39, 0.29) is 0 Å². The van der Waals surface area contributed by atoms with Crippen molar-refractivity contribution in [2.75, 3.05) is 6.54 Å². The summed E-state index contributed by atoms with van der Waals surface area (Å²) in [4.78, 5) is 0. The third-order valence-electron chi connectivity index (χ3n) is 3.35. The smallest absolute Gasteiger partial charge is 0.0322 e. The number of rotatable bonds is 6. The Morgan fingerprint density at radius 3 is 2.81 bits per heavy atom. The molecule has 1 aliphatic carbocycles. The summed E-state index contributed by atoms with van der Waals surface area (Å²) in [7, 11) is 0. The Kier molecular flexibility index (Phi) is 4.00. The van der Waals surface area contributed by atoms with E-state index in [1.54, 1.807) is 0 Å². The van der Waals surface area contributed by atoms with Crippen LogP contribution in [-0.2, 0) is 0 Å². The maximum absolute atomic E-state index is 3.68. The van der Waals surface area contributed by atoms with Crippen LogP contribution in [0.1, 0.15) is 49.8 Å². The molecule has 0 aromatic heterocycles. The number of benzene rings is 1. The van der Waals surface area contributed by atoms with Crippen molar-refractivity contribution in [3.05, 3.63) is 35.4 Å². The lowest BCUT2D eigenvalue weighted by atomic mass is 9.99. The van der Waals surface area contributed by atoms with Crippen LogP contribution in [0, 0.1) is 12.8 Å². The van der Waals surface area contributed by atoms with E-state index >= 15 is 0 Å². The second-order valence-electron chi connectivity index (χ2n) is 5.10. The molecule has 1 atom stereocenters. The Morgan fingerprint density at radius 2 is 2.19 bits per heavy atom. The Morgan fingerprint density at radius 1 is 1.38 bits per heavy atom. The maximum atomic E-state index is 3.68. The first-order chi connectivity index (χ1) is 7.79. The zero-order valence-electron chi connectivity index (χ0n) is 10.5. The summed E-state index contributed by atoms with van der Waals surface area (Å²) in [5.74, 6) is 0.981. The van der Waals surface area contributed by atoms with Gasteiger partial charge in [0.1, 0.15) is 0 Å². The minimum absolute atomic E-state index is 0.576. The van der Waals surface area contributed by atoms with Crippen LogP contribution in [0.2, 0.25) is 0 Å². The molecule has 1 heteroatoms. The Balaban J connectivity index is 2.03. The predicted molar refractivity (Wildman–Crippen MR) is 69.6 cm³/mol. The average Bonchev–Trinajstić information content (AvgIpc) is 3.08. The van der Waals surface area contributed by atoms with Crippen molar-refractivity contribution < 1.29 is 0 Å². The first kappa shape index (κ1) is 11.7. The van der Waals surface area contributed by atoms with Crippen LogP contribution in [-0.4, -0.2) is 6.54 Å². The SMILES string of the molecule is CCCNC(CC1CC1)c1cccc(C)c1. The molecule has 0 amide bonds. The summed E-state index contributed by atoms with van der Waals surface area (Å²) in [6, 6.07) is 9.53. The molecule has 1 aromatic carbocycles. The second-order valence-corrected chi connectivity index (χ2v) is 5.10. The molecular weight excluding hydrogens is 194 g/mol. The Labute approximate surface area is 99.3 Å². The summed E-state index contributed by atoms with van der Waals surface area (Å²) in [6.07, 6.45) is 5.42. The Hall–Kier alpha value is -0.820. The van der Waals surface area contributed by atoms with Crippen LogP contribution >= 0.6 is 0 Å². The van der Waals surface area contributed by atoms with Crippen molar-refractivity contribution in [2.24, 2.45) is 5.92 Å². The van der Waals surface area contributed by atoms with Crippen LogP contribution in [0.5, 0.6) is 0 Å². The van der Waals surface area contributed by atoms with Gasteiger partial charge in [-0.3, -0.25) is 0 Å². The normalized spacial score (nSPS) is 17.4. The highest BCUT2D eigenvalue weighted by atomic mass is 14.9. The lowest BCUT2D eigenvalue weighted by Crippen LogP contribution is -2.22. The molecule has 0 spiro atoms. The molecule has 16 heavy (non-hydrogen) atoms. The van der Waals surface area contributed by atoms with Crippen LogP contribution in [0.4, 0.5) is 0 Å². The van der Waals surface area contributed by atoms with Gasteiger partial charge >= 0.3 is 0 Å². The number of hydrogen-bond donors (Lipinski definition) is 1. The van der Waals surface area contributed by atoms with Gasteiger partial charge in [-0.1, -0.05) is 49.6 Å². The van der Waals surface area contributed by atoms with Crippen molar-refractivity contribution >= 4 is 0 Å². The summed E-state index contributed by atoms with van der Waals surface area (Å²) >= 11 is 0. The molecule has 2 rings (SSSR count). The monoisotopic (exact) mass is 217 g/mol. The minimum atomic E-state index is 0.576. The van der Waals surface area contributed by atoms with Gasteiger partial charge in [0.2, 0.25) is 0 Å². The largest absolute Gasteiger partial charge is 0.310 e. The molecule has 0 aliphatic heterocycles. The highest BCUT2D eigenvalue weighted by Crippen LogP contribution is 2.37. The van der Waals surface area contributed by atoms with Crippen LogP contribution in [0.15, 0.2) is 24.3 Å². The van der Waals surface area contributed by atoms with Crippen LogP contribution < -0.4 is 5.32 Å². The standard InChI is InChI=1S/C15H23N/c1-3-9-16-15(11-13-7-8-13)14-6-4-5-12(2)10-14/h4-6,10,13,15-16H,3,7-9,11H2,1-2H3. The van der Waals surface area contributed by atoms with E-state index in [1.165, 1.54) is 36.8 Å². The third-order valence-corrected chi connectivity index (χ3v) is 3.35. The zero-order valence-corrected chi connectivity index (χ0v) is 10.5. The fraction of sp³-hybridized carbons (Fsp3) is 0.600. The first-order valence-electron chi connectivity index (χ1n) is 6.59. The predicted octanol–water partition coefficient (Wildman–Crippen LogP) is 3.84. The van der Waals surface area contributed by atoms with Gasteiger partial charge < -0.3 is 5.32 Å². The van der Waals surface area contributed by atoms with E-state index in [1.807, 2.05) is 0 Å². The van der Waals surface area contributed by atoms with E-state index in [0.29, 0.717) is 6.04 Å². The molecule has 1 aliphatic rings. The Bertz CT molecular complexity index is 328. The van der Waals surface area contributed by atoms with E-state index in [9.17, 15) is 0 Å². The van der Waals surface area contributed by atoms with Gasteiger partial charge in [0.15, 0.2) is 0 Å². The van der Waals surface area contributed by atoms with Gasteiger partial charge in [-0.2, -0.15) is 0 Å². The molecule has 0 radical (unpaired) electrons. The number of hydrogen-bond acceptors (Lipinski definition) is 1. The molecular formula is C15H23N. The van der Waals surface area contributed by atoms with E-state index in [2.05, 4.69) is 43.4 Å². The summed E-state index contributed by atoms with van der Waals surface area (Å²) in [6.45, 7) is 5.54. The highest BCUT2D eigenvalue weighted by Gasteiger charge is 2.25. The molecule has 1 fully saturated rings. The van der Waals surface area contributed by atoms with Crippen molar-refractivity contribution in [1.82, 2.24) is 5.32 Å². The van der Waals surface area contributed by atoms with E-state index in [4.69, 9.17) is 0 Å². The van der Waals surface area contributed by atoms with Gasteiger partial charge in [-0.25, -0.2) is 0 Å². The summed E-state index contributed by atoms with van der Waals surface area (Å²) in [5.41, 5.74) is 2.84. The average molecular weight is 217 g/mol. The molecule has 1 aromatic rings. The lowest BCUT2D eigenvalue weighted by Gasteiger charge is -2.19. The fourth-order valence-corrected chi connectivity index (χ4v) is 2.23. The van der Waals surface area contributed by atoms with Gasteiger partial charge in [0.05, 0.1) is 0 Å². The molecule has 88 valence electrons. The molecule has 1 N–H and O–H groups in total. The quantitative estimate of drug-likeness (QED) is 0.763. The van der Waals surface area contributed by atoms with Crippen molar-refractivity contribution in [3.8, 4) is 0 Å². The molecule has 0 heterocycles. The summed E-state index contributed by atoms with van der Waals surface area (Å²) in [5, 5.41) is 3.68. The van der Waals surface area contributed by atoms with Crippen LogP contribution in [0.25, 0.3) is 0 Å². The van der Waals surface area contributed by atoms with Gasteiger partial charge in [0, 0.05) is 6.04 Å². The molecule has 0 bridgehead atoms. The number of nitrogens with one attached hydrogen (secondary N) is 1. The van der Waals surface area contributed by atoms with Gasteiger partial charge in [-0.05, 0) is 37.8 Å².